The first-order valence-electron chi connectivity index (χ1n) is 15.6. The van der Waals surface area contributed by atoms with Gasteiger partial charge in [-0.1, -0.05) is 73.5 Å². The van der Waals surface area contributed by atoms with E-state index in [1.807, 2.05) is 13.0 Å². The van der Waals surface area contributed by atoms with Crippen molar-refractivity contribution in [3.05, 3.63) is 23.3 Å². The fourth-order valence-electron chi connectivity index (χ4n) is 7.63. The lowest BCUT2D eigenvalue weighted by molar-refractivity contribution is -0.123. The number of hydrogen-bond donors (Lipinski definition) is 1. The third-order valence-corrected chi connectivity index (χ3v) is 11.0. The molecule has 0 unspecified atom stereocenters. The first-order valence-corrected chi connectivity index (χ1v) is 15.6. The Bertz CT molecular complexity index is 1120. The van der Waals surface area contributed by atoms with Crippen LogP contribution in [0.3, 0.4) is 0 Å². The quantitative estimate of drug-likeness (QED) is 0.256. The molecule has 1 saturated carbocycles. The highest BCUT2D eigenvalue weighted by molar-refractivity contribution is 6.02. The third kappa shape index (κ3) is 7.33. The van der Waals surface area contributed by atoms with E-state index in [2.05, 4.69) is 66.8 Å². The minimum atomic E-state index is -0.555. The molecule has 1 N–H and O–H groups in total. The average molecular weight is 568 g/mol. The molecule has 1 fully saturated rings. The Morgan fingerprint density at radius 3 is 2.20 bits per heavy atom. The number of rotatable bonds is 11. The van der Waals surface area contributed by atoms with Gasteiger partial charge >= 0.3 is 6.03 Å². The first-order chi connectivity index (χ1) is 18.7. The van der Waals surface area contributed by atoms with E-state index in [9.17, 15) is 19.6 Å². The minimum absolute atomic E-state index is 0.0124. The van der Waals surface area contributed by atoms with Gasteiger partial charge < -0.3 is 10.2 Å². The van der Waals surface area contributed by atoms with Gasteiger partial charge in [0.05, 0.1) is 5.57 Å². The molecule has 0 bridgehead atoms. The molecule has 6 heteroatoms. The number of fused-ring (bicyclic) bond motifs is 1. The van der Waals surface area contributed by atoms with Crippen molar-refractivity contribution in [2.45, 2.75) is 126 Å². The monoisotopic (exact) mass is 567 g/mol. The van der Waals surface area contributed by atoms with Crippen LogP contribution in [0.25, 0.3) is 0 Å². The standard InChI is InChI=1S/C35H57N3O3/c1-13-15-31(4,5)17-19-33(8,37-30(41)38(11)12)20-18-32(6,7)35(10)16-14-27-25(3)29(40)26(23-36)22-34(27,9)28(35)21-24(2)39/h21-22,25,27H,13-20H2,1-12H3,(H,37,41)/b28-21-/t25-,27-,33-,34-,35+/m0/s1. The number of allylic oxidation sites excluding steroid dienone is 4. The molecule has 5 atom stereocenters. The van der Waals surface area contributed by atoms with Crippen molar-refractivity contribution in [2.75, 3.05) is 14.1 Å². The Balaban J connectivity index is 2.51. The van der Waals surface area contributed by atoms with Crippen molar-refractivity contribution in [3.63, 3.8) is 0 Å². The Labute approximate surface area is 250 Å². The van der Waals surface area contributed by atoms with Gasteiger partial charge in [0.2, 0.25) is 0 Å². The maximum atomic E-state index is 12.9. The third-order valence-electron chi connectivity index (χ3n) is 11.0. The van der Waals surface area contributed by atoms with E-state index in [1.165, 1.54) is 0 Å². The number of Topliss-reactive ketones (excluding diaryl/α,β-unsaturated/α-hetero) is 1. The van der Waals surface area contributed by atoms with Crippen LogP contribution in [0.4, 0.5) is 4.79 Å². The van der Waals surface area contributed by atoms with Crippen LogP contribution in [-0.4, -0.2) is 42.1 Å². The zero-order valence-electron chi connectivity index (χ0n) is 28.1. The maximum absolute atomic E-state index is 12.9. The predicted molar refractivity (Wildman–Crippen MR) is 167 cm³/mol. The zero-order valence-corrected chi connectivity index (χ0v) is 28.1. The molecule has 230 valence electrons. The molecule has 41 heavy (non-hydrogen) atoms. The van der Waals surface area contributed by atoms with Crippen LogP contribution in [0.1, 0.15) is 121 Å². The number of nitrogens with one attached hydrogen (secondary N) is 1. The second kappa shape index (κ2) is 12.4. The second-order valence-corrected chi connectivity index (χ2v) is 15.4. The largest absolute Gasteiger partial charge is 0.333 e. The van der Waals surface area contributed by atoms with E-state index in [1.54, 1.807) is 32.0 Å². The molecule has 0 spiro atoms. The number of amides is 2. The Hall–Kier alpha value is -2.42. The van der Waals surface area contributed by atoms with Gasteiger partial charge in [0.15, 0.2) is 11.6 Å². The van der Waals surface area contributed by atoms with Crippen molar-refractivity contribution in [2.24, 2.45) is 33.5 Å². The number of hydrogen-bond acceptors (Lipinski definition) is 4. The summed E-state index contributed by atoms with van der Waals surface area (Å²) in [6, 6.07) is 2.07. The predicted octanol–water partition coefficient (Wildman–Crippen LogP) is 8.04. The molecule has 0 saturated heterocycles. The van der Waals surface area contributed by atoms with Crippen molar-refractivity contribution in [3.8, 4) is 6.07 Å². The van der Waals surface area contributed by atoms with E-state index in [0.29, 0.717) is 0 Å². The van der Waals surface area contributed by atoms with Crippen molar-refractivity contribution in [1.82, 2.24) is 10.2 Å². The van der Waals surface area contributed by atoms with Crippen molar-refractivity contribution >= 4 is 17.6 Å². The van der Waals surface area contributed by atoms with Crippen LogP contribution in [0.15, 0.2) is 23.3 Å². The highest BCUT2D eigenvalue weighted by atomic mass is 16.2. The van der Waals surface area contributed by atoms with Crippen molar-refractivity contribution in [1.29, 1.82) is 5.26 Å². The van der Waals surface area contributed by atoms with Gasteiger partial charge in [0.25, 0.3) is 0 Å². The van der Waals surface area contributed by atoms with Gasteiger partial charge in [-0.05, 0) is 87.0 Å². The number of carbonyl (C=O) groups excluding carboxylic acids is 3. The smallest absolute Gasteiger partial charge is 0.317 e. The average Bonchev–Trinajstić information content (AvgIpc) is 2.86. The summed E-state index contributed by atoms with van der Waals surface area (Å²) in [5, 5.41) is 13.2. The molecule has 0 aromatic rings. The molecule has 0 radical (unpaired) electrons. The summed E-state index contributed by atoms with van der Waals surface area (Å²) >= 11 is 0. The molecule has 2 aliphatic rings. The molecule has 2 amide bonds. The topological polar surface area (TPSA) is 90.3 Å². The number of carbonyl (C=O) groups is 3. The fourth-order valence-corrected chi connectivity index (χ4v) is 7.63. The molecule has 2 rings (SSSR count). The fraction of sp³-hybridized carbons (Fsp3) is 0.771. The minimum Gasteiger partial charge on any atom is -0.333 e. The van der Waals surface area contributed by atoms with E-state index in [4.69, 9.17) is 0 Å². The van der Waals surface area contributed by atoms with E-state index in [-0.39, 0.29) is 56.8 Å². The van der Waals surface area contributed by atoms with Crippen LogP contribution in [0.2, 0.25) is 0 Å². The molecule has 0 heterocycles. The zero-order chi connectivity index (χ0) is 31.6. The lowest BCUT2D eigenvalue weighted by Crippen LogP contribution is -2.54. The van der Waals surface area contributed by atoms with E-state index in [0.717, 1.165) is 56.9 Å². The summed E-state index contributed by atoms with van der Waals surface area (Å²) in [4.78, 5) is 40.1. The van der Waals surface area contributed by atoms with Gasteiger partial charge in [0, 0.05) is 31.0 Å². The van der Waals surface area contributed by atoms with Crippen LogP contribution < -0.4 is 5.32 Å². The summed E-state index contributed by atoms with van der Waals surface area (Å²) in [5.74, 6) is -0.314. The normalized spacial score (nSPS) is 29.2. The lowest BCUT2D eigenvalue weighted by atomic mass is 9.44. The summed E-state index contributed by atoms with van der Waals surface area (Å²) in [5.41, 5.74) is -0.0574. The lowest BCUT2D eigenvalue weighted by Gasteiger charge is -2.59. The molecular formula is C35H57N3O3. The number of nitrogens with zero attached hydrogens (tertiary/aromatic N) is 2. The Morgan fingerprint density at radius 2 is 1.68 bits per heavy atom. The maximum Gasteiger partial charge on any atom is 0.317 e. The number of ketones is 2. The van der Waals surface area contributed by atoms with E-state index < -0.39 is 5.41 Å². The number of nitriles is 1. The Kier molecular flexibility index (Phi) is 10.6. The molecule has 6 nitrogen and oxygen atoms in total. The van der Waals surface area contributed by atoms with Crippen LogP contribution in [0, 0.1) is 44.8 Å². The van der Waals surface area contributed by atoms with E-state index >= 15 is 0 Å². The SMILES string of the molecule is CCCC(C)(C)CC[C@@](C)(CCC(C)(C)[C@]1(C)CC[C@H]2[C@H](C)C(=O)C(C#N)=C[C@]2(C)/C1=C/C(C)=O)NC(=O)N(C)C. The van der Waals surface area contributed by atoms with Gasteiger partial charge in [-0.2, -0.15) is 5.26 Å². The second-order valence-electron chi connectivity index (χ2n) is 15.4. The molecule has 0 aromatic heterocycles. The van der Waals surface area contributed by atoms with Gasteiger partial charge in [-0.3, -0.25) is 9.59 Å². The van der Waals surface area contributed by atoms with Crippen molar-refractivity contribution < 1.29 is 14.4 Å². The number of urea groups is 1. The summed E-state index contributed by atoms with van der Waals surface area (Å²) < 4.78 is 0. The van der Waals surface area contributed by atoms with Gasteiger partial charge in [0.1, 0.15) is 6.07 Å². The molecule has 0 aliphatic heterocycles. The van der Waals surface area contributed by atoms with Gasteiger partial charge in [-0.25, -0.2) is 4.79 Å². The molecular weight excluding hydrogens is 510 g/mol. The van der Waals surface area contributed by atoms with Crippen LogP contribution >= 0.6 is 0 Å². The summed E-state index contributed by atoms with van der Waals surface area (Å²) in [6.07, 6.45) is 11.2. The summed E-state index contributed by atoms with van der Waals surface area (Å²) in [7, 11) is 3.55. The van der Waals surface area contributed by atoms with Crippen LogP contribution in [-0.2, 0) is 9.59 Å². The first kappa shape index (κ1) is 34.8. The highest BCUT2D eigenvalue weighted by Gasteiger charge is 2.58. The van der Waals surface area contributed by atoms with Crippen LogP contribution in [0.5, 0.6) is 0 Å². The Morgan fingerprint density at radius 1 is 1.10 bits per heavy atom. The summed E-state index contributed by atoms with van der Waals surface area (Å²) in [6.45, 7) is 21.5. The highest BCUT2D eigenvalue weighted by Crippen LogP contribution is 2.65. The molecule has 2 aliphatic carbocycles. The molecule has 0 aromatic carbocycles. The van der Waals surface area contributed by atoms with Gasteiger partial charge in [-0.15, -0.1) is 0 Å².